The van der Waals surface area contributed by atoms with Gasteiger partial charge in [0.2, 0.25) is 0 Å². The number of hydrogen-bond acceptors (Lipinski definition) is 6. The predicted octanol–water partition coefficient (Wildman–Crippen LogP) is 6.26. The maximum Gasteiger partial charge on any atom is 0.338 e. The summed E-state index contributed by atoms with van der Waals surface area (Å²) in [6, 6.07) is 24.8. The third-order valence-electron chi connectivity index (χ3n) is 7.56. The van der Waals surface area contributed by atoms with Crippen LogP contribution in [0, 0.1) is 0 Å². The van der Waals surface area contributed by atoms with Crippen molar-refractivity contribution in [3.8, 4) is 5.75 Å². The highest BCUT2D eigenvalue weighted by Crippen LogP contribution is 2.39. The Balaban J connectivity index is 1.67. The van der Waals surface area contributed by atoms with Crippen molar-refractivity contribution in [1.82, 2.24) is 9.13 Å². The summed E-state index contributed by atoms with van der Waals surface area (Å²) in [6.07, 6.45) is 3.92. The van der Waals surface area contributed by atoms with Crippen molar-refractivity contribution in [3.05, 3.63) is 127 Å². The molecule has 0 spiro atoms. The van der Waals surface area contributed by atoms with Gasteiger partial charge in [-0.1, -0.05) is 78.1 Å². The lowest BCUT2D eigenvalue weighted by Crippen LogP contribution is -2.40. The van der Waals surface area contributed by atoms with E-state index in [0.29, 0.717) is 31.9 Å². The van der Waals surface area contributed by atoms with Crippen molar-refractivity contribution in [1.29, 1.82) is 0 Å². The van der Waals surface area contributed by atoms with Gasteiger partial charge in [0.25, 0.3) is 5.56 Å². The van der Waals surface area contributed by atoms with Crippen LogP contribution in [0.4, 0.5) is 0 Å². The normalized spacial score (nSPS) is 15.2. The number of aromatic nitrogens is 2. The molecule has 0 aliphatic carbocycles. The summed E-state index contributed by atoms with van der Waals surface area (Å²) < 4.78 is 16.2. The van der Waals surface area contributed by atoms with E-state index in [1.54, 1.807) is 11.5 Å². The van der Waals surface area contributed by atoms with Crippen LogP contribution in [-0.2, 0) is 9.53 Å². The summed E-state index contributed by atoms with van der Waals surface area (Å²) in [5, 5.41) is 1.07. The summed E-state index contributed by atoms with van der Waals surface area (Å²) in [4.78, 5) is 33.8. The van der Waals surface area contributed by atoms with Crippen LogP contribution >= 0.6 is 11.3 Å². The molecule has 5 aromatic rings. The summed E-state index contributed by atoms with van der Waals surface area (Å²) in [5.41, 5.74) is 4.07. The first-order valence-corrected chi connectivity index (χ1v) is 15.7. The average Bonchev–Trinajstić information content (AvgIpc) is 3.54. The summed E-state index contributed by atoms with van der Waals surface area (Å²) >= 11 is 1.32. The van der Waals surface area contributed by atoms with Crippen LogP contribution in [-0.4, -0.2) is 27.8 Å². The number of para-hydroxylation sites is 2. The molecule has 44 heavy (non-hydrogen) atoms. The first kappa shape index (κ1) is 29.4. The Morgan fingerprint density at radius 1 is 0.977 bits per heavy atom. The highest BCUT2D eigenvalue weighted by Gasteiger charge is 2.36. The Morgan fingerprint density at radius 2 is 1.68 bits per heavy atom. The van der Waals surface area contributed by atoms with Gasteiger partial charge >= 0.3 is 5.97 Å². The van der Waals surface area contributed by atoms with E-state index in [1.807, 2.05) is 86.7 Å². The zero-order valence-corrected chi connectivity index (χ0v) is 26.3. The quantitative estimate of drug-likeness (QED) is 0.196. The lowest BCUT2D eigenvalue weighted by Gasteiger charge is -2.27. The average molecular weight is 606 g/mol. The van der Waals surface area contributed by atoms with Crippen LogP contribution in [0.5, 0.6) is 5.75 Å². The second-order valence-electron chi connectivity index (χ2n) is 11.2. The molecular weight excluding hydrogens is 570 g/mol. The molecule has 2 aromatic heterocycles. The minimum absolute atomic E-state index is 0.117. The number of fused-ring (bicyclic) bond motifs is 2. The van der Waals surface area contributed by atoms with Gasteiger partial charge < -0.3 is 14.0 Å². The van der Waals surface area contributed by atoms with Crippen molar-refractivity contribution >= 4 is 40.0 Å². The lowest BCUT2D eigenvalue weighted by molar-refractivity contribution is -0.138. The summed E-state index contributed by atoms with van der Waals surface area (Å²) in [6.45, 7) is 10.1. The Morgan fingerprint density at radius 3 is 2.41 bits per heavy atom. The minimum Gasteiger partial charge on any atom is -0.491 e. The molecule has 1 aliphatic rings. The molecule has 0 saturated carbocycles. The molecule has 7 nitrogen and oxygen atoms in total. The number of nitrogens with zero attached hydrogens (tertiary/aromatic N) is 3. The van der Waals surface area contributed by atoms with E-state index in [-0.39, 0.29) is 24.3 Å². The van der Waals surface area contributed by atoms with Crippen LogP contribution in [0.1, 0.15) is 63.4 Å². The molecule has 3 aromatic carbocycles. The Labute approximate surface area is 260 Å². The molecule has 0 amide bonds. The van der Waals surface area contributed by atoms with Gasteiger partial charge in [0.1, 0.15) is 11.8 Å². The van der Waals surface area contributed by atoms with Crippen molar-refractivity contribution in [2.24, 2.45) is 4.99 Å². The van der Waals surface area contributed by atoms with Gasteiger partial charge in [-0.15, -0.1) is 0 Å². The molecule has 224 valence electrons. The highest BCUT2D eigenvalue weighted by molar-refractivity contribution is 7.07. The van der Waals surface area contributed by atoms with E-state index < -0.39 is 12.0 Å². The molecule has 0 unspecified atom stereocenters. The number of rotatable bonds is 8. The van der Waals surface area contributed by atoms with Crippen LogP contribution in [0.3, 0.4) is 0 Å². The molecule has 3 heterocycles. The number of hydrogen-bond donors (Lipinski definition) is 0. The Kier molecular flexibility index (Phi) is 8.10. The molecule has 1 atom stereocenters. The molecule has 6 rings (SSSR count). The monoisotopic (exact) mass is 605 g/mol. The smallest absolute Gasteiger partial charge is 0.338 e. The van der Waals surface area contributed by atoms with Crippen molar-refractivity contribution in [2.75, 3.05) is 6.61 Å². The first-order valence-electron chi connectivity index (χ1n) is 14.9. The minimum atomic E-state index is -0.811. The zero-order chi connectivity index (χ0) is 31.0. The standard InChI is InChI=1S/C36H35N3O4S/c1-6-42-35(41)31-32(24-14-8-7-9-15-24)37-36-39(33(31)27-17-11-13-19-29(27)43-23(4)5)34(40)30(44-36)20-25-21-38(22(2)3)28-18-12-10-16-26(25)28/h7-23,33H,6H2,1-5H3/b30-20+/t33-/m0/s1. The van der Waals surface area contributed by atoms with E-state index >= 15 is 0 Å². The molecule has 0 bridgehead atoms. The molecule has 1 aliphatic heterocycles. The number of thiazole rings is 1. The van der Waals surface area contributed by atoms with Crippen LogP contribution in [0.2, 0.25) is 0 Å². The van der Waals surface area contributed by atoms with Crippen LogP contribution in [0.15, 0.2) is 100 Å². The lowest BCUT2D eigenvalue weighted by atomic mass is 9.92. The maximum atomic E-state index is 14.4. The van der Waals surface area contributed by atoms with E-state index in [1.165, 1.54) is 11.3 Å². The van der Waals surface area contributed by atoms with Crippen molar-refractivity contribution in [3.63, 3.8) is 0 Å². The Hall–Kier alpha value is -4.69. The van der Waals surface area contributed by atoms with E-state index in [0.717, 1.165) is 22.0 Å². The maximum absolute atomic E-state index is 14.4. The number of carbonyl (C=O) groups is 1. The molecule has 0 radical (unpaired) electrons. The molecular formula is C36H35N3O4S. The van der Waals surface area contributed by atoms with Crippen LogP contribution < -0.4 is 19.6 Å². The molecule has 0 saturated heterocycles. The van der Waals surface area contributed by atoms with Gasteiger partial charge in [-0.2, -0.15) is 0 Å². The third kappa shape index (κ3) is 5.30. The summed E-state index contributed by atoms with van der Waals surface area (Å²) in [7, 11) is 0. The Bertz CT molecular complexity index is 2070. The van der Waals surface area contributed by atoms with Gasteiger partial charge in [-0.25, -0.2) is 9.79 Å². The van der Waals surface area contributed by atoms with Crippen LogP contribution in [0.25, 0.3) is 22.7 Å². The van der Waals surface area contributed by atoms with Crippen molar-refractivity contribution < 1.29 is 14.3 Å². The fourth-order valence-corrected chi connectivity index (χ4v) is 6.71. The zero-order valence-electron chi connectivity index (χ0n) is 25.5. The van der Waals surface area contributed by atoms with Gasteiger partial charge in [-0.05, 0) is 52.8 Å². The number of esters is 1. The SMILES string of the molecule is CCOC(=O)C1=C(c2ccccc2)N=c2s/c(=C/c3cn(C(C)C)c4ccccc34)c(=O)n2[C@H]1c1ccccc1OC(C)C. The fourth-order valence-electron chi connectivity index (χ4n) is 5.72. The second kappa shape index (κ2) is 12.1. The highest BCUT2D eigenvalue weighted by atomic mass is 32.1. The second-order valence-corrected chi connectivity index (χ2v) is 12.2. The number of carbonyl (C=O) groups excluding carboxylic acids is 1. The van der Waals surface area contributed by atoms with Gasteiger partial charge in [0, 0.05) is 39.8 Å². The largest absolute Gasteiger partial charge is 0.491 e. The first-order chi connectivity index (χ1) is 21.3. The third-order valence-corrected chi connectivity index (χ3v) is 8.55. The fraction of sp³-hybridized carbons (Fsp3) is 0.250. The van der Waals surface area contributed by atoms with E-state index in [2.05, 4.69) is 36.7 Å². The van der Waals surface area contributed by atoms with E-state index in [9.17, 15) is 9.59 Å². The summed E-state index contributed by atoms with van der Waals surface area (Å²) in [5.74, 6) is 0.0759. The molecule has 0 fully saturated rings. The van der Waals surface area contributed by atoms with Gasteiger partial charge in [0.15, 0.2) is 4.80 Å². The van der Waals surface area contributed by atoms with E-state index in [4.69, 9.17) is 14.5 Å². The molecule has 0 N–H and O–H groups in total. The molecule has 8 heteroatoms. The van der Waals surface area contributed by atoms with Gasteiger partial charge in [0.05, 0.1) is 28.5 Å². The van der Waals surface area contributed by atoms with Gasteiger partial charge in [-0.3, -0.25) is 9.36 Å². The predicted molar refractivity (Wildman–Crippen MR) is 176 cm³/mol. The topological polar surface area (TPSA) is 74.8 Å². The number of benzene rings is 3. The van der Waals surface area contributed by atoms with Crippen molar-refractivity contribution in [2.45, 2.75) is 52.8 Å². The number of ether oxygens (including phenoxy) is 2.